The Hall–Kier alpha value is -1.56. The van der Waals surface area contributed by atoms with Crippen molar-refractivity contribution in [3.05, 3.63) is 28.2 Å². The minimum atomic E-state index is -0.459. The van der Waals surface area contributed by atoms with Gasteiger partial charge in [-0.2, -0.15) is 0 Å². The van der Waals surface area contributed by atoms with Crippen molar-refractivity contribution in [3.63, 3.8) is 0 Å². The Labute approximate surface area is 120 Å². The van der Waals surface area contributed by atoms with Crippen molar-refractivity contribution in [3.8, 4) is 5.75 Å². The lowest BCUT2D eigenvalue weighted by Gasteiger charge is -2.33. The molecule has 0 aliphatic carbocycles. The van der Waals surface area contributed by atoms with Gasteiger partial charge in [-0.3, -0.25) is 9.59 Å². The van der Waals surface area contributed by atoms with E-state index in [0.29, 0.717) is 6.54 Å². The van der Waals surface area contributed by atoms with E-state index in [4.69, 9.17) is 4.74 Å². The van der Waals surface area contributed by atoms with Crippen LogP contribution in [0, 0.1) is 0 Å². The maximum Gasteiger partial charge on any atom is 0.242 e. The average molecular weight is 327 g/mol. The second kappa shape index (κ2) is 5.61. The van der Waals surface area contributed by atoms with E-state index in [1.165, 1.54) is 0 Å². The molecule has 0 radical (unpaired) electrons. The lowest BCUT2D eigenvalue weighted by atomic mass is 10.1. The summed E-state index contributed by atoms with van der Waals surface area (Å²) in [6.45, 7) is 2.16. The van der Waals surface area contributed by atoms with Crippen LogP contribution < -0.4 is 10.1 Å². The highest BCUT2D eigenvalue weighted by Gasteiger charge is 2.31. The fourth-order valence-corrected chi connectivity index (χ4v) is 2.35. The smallest absolute Gasteiger partial charge is 0.242 e. The van der Waals surface area contributed by atoms with Gasteiger partial charge in [-0.15, -0.1) is 0 Å². The molecule has 0 spiro atoms. The monoisotopic (exact) mass is 326 g/mol. The van der Waals surface area contributed by atoms with Gasteiger partial charge in [0.25, 0.3) is 0 Å². The second-order valence-electron chi connectivity index (χ2n) is 4.37. The number of carbonyl (C=O) groups excluding carboxylic acids is 2. The third-order valence-electron chi connectivity index (χ3n) is 3.17. The minimum Gasteiger partial charge on any atom is -0.497 e. The zero-order valence-electron chi connectivity index (χ0n) is 10.8. The topological polar surface area (TPSA) is 58.6 Å². The van der Waals surface area contributed by atoms with Gasteiger partial charge >= 0.3 is 0 Å². The number of methoxy groups -OCH3 is 1. The Balaban J connectivity index is 2.24. The standard InChI is InChI=1S/C13H15BrN2O3/c1-8-13(18)15-6-12(17)16(8)7-9-5-10(19-2)3-4-11(9)14/h3-5,8H,6-7H2,1-2H3,(H,15,18). The van der Waals surface area contributed by atoms with Crippen LogP contribution in [0.4, 0.5) is 0 Å². The lowest BCUT2D eigenvalue weighted by molar-refractivity contribution is -0.145. The van der Waals surface area contributed by atoms with Crippen molar-refractivity contribution >= 4 is 27.7 Å². The van der Waals surface area contributed by atoms with Crippen LogP contribution in [0.5, 0.6) is 5.75 Å². The van der Waals surface area contributed by atoms with Gasteiger partial charge in [0.05, 0.1) is 13.7 Å². The summed E-state index contributed by atoms with van der Waals surface area (Å²) in [7, 11) is 1.59. The van der Waals surface area contributed by atoms with Gasteiger partial charge < -0.3 is 15.0 Å². The summed E-state index contributed by atoms with van der Waals surface area (Å²) < 4.78 is 6.06. The first kappa shape index (κ1) is 13.9. The molecule has 1 unspecified atom stereocenters. The van der Waals surface area contributed by atoms with Crippen LogP contribution in [0.2, 0.25) is 0 Å². The SMILES string of the molecule is COc1ccc(Br)c(CN2C(=O)CNC(=O)C2C)c1. The molecule has 1 fully saturated rings. The molecule has 1 N–H and O–H groups in total. The van der Waals surface area contributed by atoms with Crippen LogP contribution in [0.15, 0.2) is 22.7 Å². The molecule has 6 heteroatoms. The summed E-state index contributed by atoms with van der Waals surface area (Å²) >= 11 is 3.45. The molecular weight excluding hydrogens is 312 g/mol. The van der Waals surface area contributed by atoms with Crippen LogP contribution in [0.25, 0.3) is 0 Å². The summed E-state index contributed by atoms with van der Waals surface area (Å²) in [6, 6.07) is 5.10. The van der Waals surface area contributed by atoms with Crippen molar-refractivity contribution in [2.24, 2.45) is 0 Å². The summed E-state index contributed by atoms with van der Waals surface area (Å²) in [5.74, 6) is 0.514. The first-order valence-electron chi connectivity index (χ1n) is 5.92. The van der Waals surface area contributed by atoms with Gasteiger partial charge in [0, 0.05) is 11.0 Å². The van der Waals surface area contributed by atoms with E-state index >= 15 is 0 Å². The normalized spacial score (nSPS) is 19.3. The number of nitrogens with one attached hydrogen (secondary N) is 1. The van der Waals surface area contributed by atoms with Gasteiger partial charge in [-0.05, 0) is 30.7 Å². The van der Waals surface area contributed by atoms with Crippen LogP contribution in [0.3, 0.4) is 0 Å². The average Bonchev–Trinajstić information content (AvgIpc) is 2.41. The maximum absolute atomic E-state index is 11.9. The van der Waals surface area contributed by atoms with Crippen LogP contribution in [0.1, 0.15) is 12.5 Å². The van der Waals surface area contributed by atoms with E-state index in [2.05, 4.69) is 21.2 Å². The van der Waals surface area contributed by atoms with E-state index < -0.39 is 6.04 Å². The highest BCUT2D eigenvalue weighted by atomic mass is 79.9. The molecule has 0 saturated carbocycles. The van der Waals surface area contributed by atoms with Gasteiger partial charge in [-0.1, -0.05) is 15.9 Å². The van der Waals surface area contributed by atoms with Gasteiger partial charge in [0.1, 0.15) is 11.8 Å². The molecule has 1 aromatic carbocycles. The van der Waals surface area contributed by atoms with Crippen molar-refractivity contribution < 1.29 is 14.3 Å². The third-order valence-corrected chi connectivity index (χ3v) is 3.95. The van der Waals surface area contributed by atoms with Crippen LogP contribution in [-0.2, 0) is 16.1 Å². The van der Waals surface area contributed by atoms with E-state index in [9.17, 15) is 9.59 Å². The molecule has 19 heavy (non-hydrogen) atoms. The largest absolute Gasteiger partial charge is 0.497 e. The Bertz CT molecular complexity index is 519. The van der Waals surface area contributed by atoms with E-state index in [1.54, 1.807) is 18.9 Å². The molecule has 1 heterocycles. The fraction of sp³-hybridized carbons (Fsp3) is 0.385. The van der Waals surface area contributed by atoms with Crippen LogP contribution >= 0.6 is 15.9 Å². The summed E-state index contributed by atoms with van der Waals surface area (Å²) in [4.78, 5) is 25.1. The fourth-order valence-electron chi connectivity index (χ4n) is 1.98. The Morgan fingerprint density at radius 2 is 2.21 bits per heavy atom. The molecule has 1 aromatic rings. The van der Waals surface area contributed by atoms with Crippen molar-refractivity contribution in [1.29, 1.82) is 0 Å². The first-order chi connectivity index (χ1) is 9.02. The molecule has 0 aromatic heterocycles. The summed E-state index contributed by atoms with van der Waals surface area (Å²) in [5, 5.41) is 2.57. The number of benzene rings is 1. The molecule has 1 aliphatic heterocycles. The molecule has 5 nitrogen and oxygen atoms in total. The number of halogens is 1. The number of ether oxygens (including phenoxy) is 1. The number of hydrogen-bond donors (Lipinski definition) is 1. The van der Waals surface area contributed by atoms with Crippen molar-refractivity contribution in [2.75, 3.05) is 13.7 Å². The van der Waals surface area contributed by atoms with Crippen LogP contribution in [-0.4, -0.2) is 36.4 Å². The summed E-state index contributed by atoms with van der Waals surface area (Å²) in [6.07, 6.45) is 0. The number of piperazine rings is 1. The molecule has 102 valence electrons. The summed E-state index contributed by atoms with van der Waals surface area (Å²) in [5.41, 5.74) is 0.911. The number of rotatable bonds is 3. The lowest BCUT2D eigenvalue weighted by Crippen LogP contribution is -2.56. The van der Waals surface area contributed by atoms with Gasteiger partial charge in [0.2, 0.25) is 11.8 Å². The molecule has 1 atom stereocenters. The second-order valence-corrected chi connectivity index (χ2v) is 5.23. The predicted octanol–water partition coefficient (Wildman–Crippen LogP) is 1.30. The number of hydrogen-bond acceptors (Lipinski definition) is 3. The highest BCUT2D eigenvalue weighted by Crippen LogP contribution is 2.25. The highest BCUT2D eigenvalue weighted by molar-refractivity contribution is 9.10. The molecule has 2 amide bonds. The first-order valence-corrected chi connectivity index (χ1v) is 6.72. The quantitative estimate of drug-likeness (QED) is 0.911. The molecule has 2 rings (SSSR count). The number of nitrogens with zero attached hydrogens (tertiary/aromatic N) is 1. The Morgan fingerprint density at radius 3 is 2.89 bits per heavy atom. The minimum absolute atomic E-state index is 0.0603. The Morgan fingerprint density at radius 1 is 1.47 bits per heavy atom. The zero-order chi connectivity index (χ0) is 14.0. The number of carbonyl (C=O) groups is 2. The Kier molecular flexibility index (Phi) is 4.09. The van der Waals surface area contributed by atoms with E-state index in [1.807, 2.05) is 18.2 Å². The maximum atomic E-state index is 11.9. The van der Waals surface area contributed by atoms with Crippen molar-refractivity contribution in [2.45, 2.75) is 19.5 Å². The van der Waals surface area contributed by atoms with Crippen molar-refractivity contribution in [1.82, 2.24) is 10.2 Å². The molecule has 0 bridgehead atoms. The predicted molar refractivity (Wildman–Crippen MR) is 73.7 cm³/mol. The molecular formula is C13H15BrN2O3. The molecule has 1 aliphatic rings. The third kappa shape index (κ3) is 2.89. The number of amides is 2. The van der Waals surface area contributed by atoms with Gasteiger partial charge in [-0.25, -0.2) is 0 Å². The zero-order valence-corrected chi connectivity index (χ0v) is 12.4. The van der Waals surface area contributed by atoms with E-state index in [0.717, 1.165) is 15.8 Å². The van der Waals surface area contributed by atoms with E-state index in [-0.39, 0.29) is 18.4 Å². The molecule has 1 saturated heterocycles. The van der Waals surface area contributed by atoms with Gasteiger partial charge in [0.15, 0.2) is 0 Å².